The summed E-state index contributed by atoms with van der Waals surface area (Å²) in [5.41, 5.74) is -1.35. The van der Waals surface area contributed by atoms with Gasteiger partial charge in [0.25, 0.3) is 11.5 Å². The number of carbonyl (C=O) groups is 2. The molecular formula is C10H7BrFNO5. The molecule has 0 fully saturated rings. The van der Waals surface area contributed by atoms with Crippen molar-refractivity contribution in [3.8, 4) is 0 Å². The zero-order valence-electron chi connectivity index (χ0n) is 9.32. The first kappa shape index (κ1) is 14.2. The fraction of sp³-hybridized carbons (Fsp3) is 0.200. The summed E-state index contributed by atoms with van der Waals surface area (Å²) in [6.07, 6.45) is 0. The number of ketones is 1. The first-order valence-corrected chi connectivity index (χ1v) is 5.36. The van der Waals surface area contributed by atoms with Crippen molar-refractivity contribution < 1.29 is 23.6 Å². The second-order valence-electron chi connectivity index (χ2n) is 3.27. The number of nitro benzene ring substituents is 1. The van der Waals surface area contributed by atoms with Crippen LogP contribution in [0.1, 0.15) is 15.9 Å². The Morgan fingerprint density at radius 1 is 1.50 bits per heavy atom. The normalized spacial score (nSPS) is 10.0. The summed E-state index contributed by atoms with van der Waals surface area (Å²) in [4.78, 5) is 32.6. The molecule has 8 heteroatoms. The molecule has 0 aromatic heterocycles. The summed E-state index contributed by atoms with van der Waals surface area (Å²) >= 11 is 2.75. The van der Waals surface area contributed by atoms with Gasteiger partial charge in [0.2, 0.25) is 0 Å². The Balaban J connectivity index is 3.57. The summed E-state index contributed by atoms with van der Waals surface area (Å²) in [6, 6.07) is 0.929. The molecule has 0 aliphatic rings. The number of hydrogen-bond donors (Lipinski definition) is 0. The van der Waals surface area contributed by atoms with E-state index in [4.69, 9.17) is 0 Å². The number of nitro groups is 1. The molecule has 6 nitrogen and oxygen atoms in total. The van der Waals surface area contributed by atoms with Crippen LogP contribution in [-0.4, -0.2) is 23.8 Å². The van der Waals surface area contributed by atoms with Crippen LogP contribution in [0.3, 0.4) is 0 Å². The standard InChI is InChI=1S/C10H7BrFNO5/c1-4-6(13(16)17)3-5(11)8(12)7(4)9(14)10(15)18-2/h3H,1-2H3. The van der Waals surface area contributed by atoms with E-state index in [1.54, 1.807) is 0 Å². The predicted molar refractivity (Wildman–Crippen MR) is 61.8 cm³/mol. The Morgan fingerprint density at radius 3 is 2.50 bits per heavy atom. The maximum absolute atomic E-state index is 13.8. The summed E-state index contributed by atoms with van der Waals surface area (Å²) in [5.74, 6) is -3.59. The van der Waals surface area contributed by atoms with Gasteiger partial charge in [0.1, 0.15) is 5.82 Å². The molecule has 0 unspecified atom stereocenters. The van der Waals surface area contributed by atoms with Crippen LogP contribution >= 0.6 is 15.9 Å². The number of methoxy groups -OCH3 is 1. The van der Waals surface area contributed by atoms with Crippen LogP contribution in [0.15, 0.2) is 10.5 Å². The first-order valence-electron chi connectivity index (χ1n) is 4.56. The van der Waals surface area contributed by atoms with Crippen molar-refractivity contribution in [1.29, 1.82) is 0 Å². The van der Waals surface area contributed by atoms with Gasteiger partial charge in [0, 0.05) is 11.6 Å². The number of benzene rings is 1. The molecule has 1 rings (SSSR count). The molecule has 96 valence electrons. The van der Waals surface area contributed by atoms with Gasteiger partial charge in [-0.05, 0) is 22.9 Å². The lowest BCUT2D eigenvalue weighted by Gasteiger charge is -2.07. The Labute approximate surface area is 109 Å². The Kier molecular flexibility index (Phi) is 4.12. The molecule has 0 radical (unpaired) electrons. The monoisotopic (exact) mass is 319 g/mol. The summed E-state index contributed by atoms with van der Waals surface area (Å²) < 4.78 is 17.7. The van der Waals surface area contributed by atoms with Crippen molar-refractivity contribution >= 4 is 33.4 Å². The highest BCUT2D eigenvalue weighted by Gasteiger charge is 2.29. The van der Waals surface area contributed by atoms with Crippen molar-refractivity contribution in [3.05, 3.63) is 37.6 Å². The molecule has 0 saturated heterocycles. The van der Waals surface area contributed by atoms with Gasteiger partial charge in [-0.1, -0.05) is 0 Å². The number of nitrogens with zero attached hydrogens (tertiary/aromatic N) is 1. The molecule has 0 amide bonds. The Bertz CT molecular complexity index is 558. The van der Waals surface area contributed by atoms with Crippen LogP contribution in [0.2, 0.25) is 0 Å². The molecule has 0 aliphatic carbocycles. The predicted octanol–water partition coefficient (Wildman–Crippen LogP) is 2.16. The largest absolute Gasteiger partial charge is 0.463 e. The van der Waals surface area contributed by atoms with Crippen LogP contribution in [0.4, 0.5) is 10.1 Å². The highest BCUT2D eigenvalue weighted by Crippen LogP contribution is 2.30. The minimum Gasteiger partial charge on any atom is -0.463 e. The summed E-state index contributed by atoms with van der Waals surface area (Å²) in [7, 11) is 0.958. The maximum Gasteiger partial charge on any atom is 0.379 e. The number of rotatable bonds is 3. The molecule has 0 bridgehead atoms. The molecule has 0 N–H and O–H groups in total. The third-order valence-electron chi connectivity index (χ3n) is 2.25. The van der Waals surface area contributed by atoms with Gasteiger partial charge in [0.15, 0.2) is 0 Å². The minimum absolute atomic E-state index is 0.226. The number of hydrogen-bond acceptors (Lipinski definition) is 5. The highest BCUT2D eigenvalue weighted by atomic mass is 79.9. The molecule has 1 aromatic carbocycles. The molecule has 0 aliphatic heterocycles. The fourth-order valence-electron chi connectivity index (χ4n) is 1.36. The Morgan fingerprint density at radius 2 is 2.06 bits per heavy atom. The van der Waals surface area contributed by atoms with Gasteiger partial charge in [-0.2, -0.15) is 0 Å². The summed E-state index contributed by atoms with van der Waals surface area (Å²) in [5, 5.41) is 10.7. The minimum atomic E-state index is -1.29. The van der Waals surface area contributed by atoms with E-state index in [-0.39, 0.29) is 10.0 Å². The zero-order valence-corrected chi connectivity index (χ0v) is 10.9. The molecule has 0 heterocycles. The van der Waals surface area contributed by atoms with Gasteiger partial charge in [-0.25, -0.2) is 9.18 Å². The van der Waals surface area contributed by atoms with E-state index in [0.29, 0.717) is 0 Å². The van der Waals surface area contributed by atoms with E-state index >= 15 is 0 Å². The molecule has 1 aromatic rings. The van der Waals surface area contributed by atoms with Crippen molar-refractivity contribution in [3.63, 3.8) is 0 Å². The number of Topliss-reactive ketones (excluding diaryl/α,β-unsaturated/α-hetero) is 1. The van der Waals surface area contributed by atoms with Crippen molar-refractivity contribution in [1.82, 2.24) is 0 Å². The number of carbonyl (C=O) groups excluding carboxylic acids is 2. The topological polar surface area (TPSA) is 86.5 Å². The van der Waals surface area contributed by atoms with Gasteiger partial charge in [0.05, 0.1) is 22.1 Å². The smallest absolute Gasteiger partial charge is 0.379 e. The molecule has 0 spiro atoms. The van der Waals surface area contributed by atoms with Crippen molar-refractivity contribution in [2.24, 2.45) is 0 Å². The number of esters is 1. The van der Waals surface area contributed by atoms with Crippen molar-refractivity contribution in [2.45, 2.75) is 6.92 Å². The van der Waals surface area contributed by atoms with E-state index in [9.17, 15) is 24.1 Å². The molecular weight excluding hydrogens is 313 g/mol. The molecule has 18 heavy (non-hydrogen) atoms. The lowest BCUT2D eigenvalue weighted by molar-refractivity contribution is -0.385. The van der Waals surface area contributed by atoms with Gasteiger partial charge < -0.3 is 4.74 Å². The van der Waals surface area contributed by atoms with E-state index in [2.05, 4.69) is 20.7 Å². The molecule has 0 atom stereocenters. The molecule has 0 saturated carbocycles. The average molecular weight is 320 g/mol. The highest BCUT2D eigenvalue weighted by molar-refractivity contribution is 9.10. The maximum atomic E-state index is 13.8. The Hall–Kier alpha value is -1.83. The average Bonchev–Trinajstić information content (AvgIpc) is 2.32. The van der Waals surface area contributed by atoms with Crippen molar-refractivity contribution in [2.75, 3.05) is 7.11 Å². The quantitative estimate of drug-likeness (QED) is 0.280. The van der Waals surface area contributed by atoms with Gasteiger partial charge in [-0.15, -0.1) is 0 Å². The van der Waals surface area contributed by atoms with E-state index in [1.807, 2.05) is 0 Å². The zero-order chi connectivity index (χ0) is 14.0. The SMILES string of the molecule is COC(=O)C(=O)c1c(C)c([N+](=O)[O-])cc(Br)c1F. The van der Waals surface area contributed by atoms with Crippen LogP contribution < -0.4 is 0 Å². The van der Waals surface area contributed by atoms with Crippen LogP contribution in [0, 0.1) is 22.9 Å². The van der Waals surface area contributed by atoms with Crippen LogP contribution in [0.25, 0.3) is 0 Å². The van der Waals surface area contributed by atoms with E-state index in [1.165, 1.54) is 6.92 Å². The lowest BCUT2D eigenvalue weighted by atomic mass is 10.0. The lowest BCUT2D eigenvalue weighted by Crippen LogP contribution is -2.19. The van der Waals surface area contributed by atoms with Gasteiger partial charge >= 0.3 is 5.97 Å². The second-order valence-corrected chi connectivity index (χ2v) is 4.12. The number of ether oxygens (including phenoxy) is 1. The third kappa shape index (κ3) is 2.37. The fourth-order valence-corrected chi connectivity index (χ4v) is 1.77. The second kappa shape index (κ2) is 5.21. The summed E-state index contributed by atoms with van der Waals surface area (Å²) in [6.45, 7) is 1.18. The van der Waals surface area contributed by atoms with Crippen LogP contribution in [-0.2, 0) is 9.53 Å². The van der Waals surface area contributed by atoms with Crippen LogP contribution in [0.5, 0.6) is 0 Å². The van der Waals surface area contributed by atoms with E-state index < -0.39 is 33.7 Å². The first-order chi connectivity index (χ1) is 8.31. The third-order valence-corrected chi connectivity index (χ3v) is 2.82. The van der Waals surface area contributed by atoms with Gasteiger partial charge in [-0.3, -0.25) is 14.9 Å². The number of halogens is 2. The van der Waals surface area contributed by atoms with E-state index in [0.717, 1.165) is 13.2 Å².